The number of anilines is 1. The van der Waals surface area contributed by atoms with E-state index in [0.29, 0.717) is 10.7 Å². The van der Waals surface area contributed by atoms with E-state index in [1.54, 1.807) is 18.2 Å². The van der Waals surface area contributed by atoms with Crippen LogP contribution in [0.4, 0.5) is 5.69 Å². The highest BCUT2D eigenvalue weighted by atomic mass is 79.9. The van der Waals surface area contributed by atoms with Crippen molar-refractivity contribution in [1.82, 2.24) is 0 Å². The van der Waals surface area contributed by atoms with Crippen molar-refractivity contribution in [3.8, 4) is 0 Å². The molecule has 1 saturated heterocycles. The topological polar surface area (TPSA) is 37.4 Å². The predicted molar refractivity (Wildman–Crippen MR) is 95.7 cm³/mol. The molecule has 2 saturated carbocycles. The zero-order valence-corrected chi connectivity index (χ0v) is 16.7. The third-order valence-electron chi connectivity index (χ3n) is 5.15. The second-order valence-electron chi connectivity index (χ2n) is 6.11. The first-order valence-electron chi connectivity index (χ1n) is 7.03. The van der Waals surface area contributed by atoms with Crippen LogP contribution in [0.25, 0.3) is 0 Å². The van der Waals surface area contributed by atoms with Crippen LogP contribution in [0.1, 0.15) is 6.42 Å². The lowest BCUT2D eigenvalue weighted by Gasteiger charge is -2.28. The van der Waals surface area contributed by atoms with Crippen LogP contribution in [0.15, 0.2) is 22.7 Å². The summed E-state index contributed by atoms with van der Waals surface area (Å²) >= 11 is 16.8. The first-order valence-corrected chi connectivity index (χ1v) is 10.0. The molecule has 1 aromatic rings. The second-order valence-corrected chi connectivity index (χ2v) is 9.49. The number of benzene rings is 1. The van der Waals surface area contributed by atoms with Gasteiger partial charge in [-0.15, -0.1) is 0 Å². The van der Waals surface area contributed by atoms with E-state index in [1.165, 1.54) is 4.90 Å². The van der Waals surface area contributed by atoms with Crippen molar-refractivity contribution in [3.63, 3.8) is 0 Å². The minimum absolute atomic E-state index is 0.0789. The SMILES string of the molecule is O=C1[C@@H]2[C@H]3C[C@@H]([C@H](Br)[C@H]3Br)[C@@H]2C(=O)N1c1ccc(Br)c(Cl)c1. The maximum Gasteiger partial charge on any atom is 0.238 e. The van der Waals surface area contributed by atoms with Gasteiger partial charge in [0.1, 0.15) is 0 Å². The van der Waals surface area contributed by atoms with Gasteiger partial charge in [-0.05, 0) is 52.4 Å². The molecule has 116 valence electrons. The molecule has 0 unspecified atom stereocenters. The normalized spacial score (nSPS) is 39.7. The molecule has 2 amide bonds. The average molecular weight is 512 g/mol. The fourth-order valence-electron chi connectivity index (χ4n) is 4.23. The zero-order chi connectivity index (χ0) is 15.8. The average Bonchev–Trinajstić information content (AvgIpc) is 3.08. The lowest BCUT2D eigenvalue weighted by molar-refractivity contribution is -0.123. The molecular weight excluding hydrogens is 501 g/mol. The summed E-state index contributed by atoms with van der Waals surface area (Å²) in [5, 5.41) is 0.495. The minimum atomic E-state index is -0.196. The molecule has 0 N–H and O–H groups in total. The van der Waals surface area contributed by atoms with E-state index in [4.69, 9.17) is 11.6 Å². The largest absolute Gasteiger partial charge is 0.274 e. The van der Waals surface area contributed by atoms with Gasteiger partial charge >= 0.3 is 0 Å². The van der Waals surface area contributed by atoms with Gasteiger partial charge < -0.3 is 0 Å². The van der Waals surface area contributed by atoms with Gasteiger partial charge in [-0.3, -0.25) is 9.59 Å². The summed E-state index contributed by atoms with van der Waals surface area (Å²) in [5.74, 6) is -0.0934. The molecule has 6 atom stereocenters. The van der Waals surface area contributed by atoms with Crippen LogP contribution in [0.5, 0.6) is 0 Å². The van der Waals surface area contributed by atoms with Crippen molar-refractivity contribution >= 4 is 76.9 Å². The van der Waals surface area contributed by atoms with Crippen molar-refractivity contribution in [3.05, 3.63) is 27.7 Å². The number of rotatable bonds is 1. The lowest BCUT2D eigenvalue weighted by atomic mass is 9.81. The van der Waals surface area contributed by atoms with Crippen molar-refractivity contribution < 1.29 is 9.59 Å². The van der Waals surface area contributed by atoms with E-state index < -0.39 is 0 Å². The van der Waals surface area contributed by atoms with Crippen molar-refractivity contribution in [2.45, 2.75) is 16.1 Å². The third kappa shape index (κ3) is 1.96. The Labute approximate surface area is 158 Å². The number of amides is 2. The standard InChI is InChI=1S/C15H11Br3ClNO2/c16-8-2-1-5(3-9(8)19)20-14(21)10-6-4-7(11(10)15(20)22)13(18)12(6)17/h1-3,6-7,10-13H,4H2/t6-,7-,10-,11+,12+,13+/m1/s1. The maximum absolute atomic E-state index is 12.9. The van der Waals surface area contributed by atoms with E-state index in [0.717, 1.165) is 10.9 Å². The summed E-state index contributed by atoms with van der Waals surface area (Å²) in [6.07, 6.45) is 0.938. The molecule has 22 heavy (non-hydrogen) atoms. The Kier molecular flexibility index (Phi) is 3.76. The number of halogens is 4. The van der Waals surface area contributed by atoms with Crippen molar-refractivity contribution in [1.29, 1.82) is 0 Å². The summed E-state index contributed by atoms with van der Waals surface area (Å²) in [5.41, 5.74) is 0.564. The monoisotopic (exact) mass is 509 g/mol. The van der Waals surface area contributed by atoms with Gasteiger partial charge in [-0.25, -0.2) is 4.90 Å². The number of nitrogens with zero attached hydrogens (tertiary/aromatic N) is 1. The van der Waals surface area contributed by atoms with E-state index in [9.17, 15) is 9.59 Å². The van der Waals surface area contributed by atoms with Crippen LogP contribution in [-0.2, 0) is 9.59 Å². The van der Waals surface area contributed by atoms with Crippen LogP contribution in [0, 0.1) is 23.7 Å². The number of alkyl halides is 2. The number of carbonyl (C=O) groups excluding carboxylic acids is 2. The van der Waals surface area contributed by atoms with E-state index in [2.05, 4.69) is 47.8 Å². The Bertz CT molecular complexity index is 665. The quantitative estimate of drug-likeness (QED) is 0.414. The number of hydrogen-bond acceptors (Lipinski definition) is 2. The van der Waals surface area contributed by atoms with Crippen LogP contribution >= 0.6 is 59.4 Å². The molecule has 1 aromatic carbocycles. The molecule has 0 radical (unpaired) electrons. The third-order valence-corrected chi connectivity index (χ3v) is 9.59. The first-order chi connectivity index (χ1) is 10.4. The van der Waals surface area contributed by atoms with Gasteiger partial charge in [0.25, 0.3) is 0 Å². The fraction of sp³-hybridized carbons (Fsp3) is 0.467. The van der Waals surface area contributed by atoms with Crippen molar-refractivity contribution in [2.24, 2.45) is 23.7 Å². The minimum Gasteiger partial charge on any atom is -0.274 e. The van der Waals surface area contributed by atoms with Crippen LogP contribution in [0.3, 0.4) is 0 Å². The van der Waals surface area contributed by atoms with Gasteiger partial charge in [0.15, 0.2) is 0 Å². The molecular formula is C15H11Br3ClNO2. The molecule has 3 aliphatic rings. The summed E-state index contributed by atoms with van der Waals surface area (Å²) in [4.78, 5) is 27.5. The second kappa shape index (κ2) is 5.30. The first kappa shape index (κ1) is 15.6. The van der Waals surface area contributed by atoms with Gasteiger partial charge in [0, 0.05) is 14.1 Å². The Morgan fingerprint density at radius 2 is 1.59 bits per heavy atom. The summed E-state index contributed by atoms with van der Waals surface area (Å²) in [6.45, 7) is 0. The Morgan fingerprint density at radius 3 is 2.09 bits per heavy atom. The molecule has 0 spiro atoms. The summed E-state index contributed by atoms with van der Waals surface area (Å²) < 4.78 is 0.748. The number of carbonyl (C=O) groups is 2. The van der Waals surface area contributed by atoms with Crippen LogP contribution in [-0.4, -0.2) is 21.5 Å². The highest BCUT2D eigenvalue weighted by molar-refractivity contribution is 9.12. The Morgan fingerprint density at radius 1 is 1.05 bits per heavy atom. The van der Waals surface area contributed by atoms with Crippen LogP contribution in [0.2, 0.25) is 5.02 Å². The highest BCUT2D eigenvalue weighted by Crippen LogP contribution is 2.60. The number of hydrogen-bond donors (Lipinski definition) is 0. The number of fused-ring (bicyclic) bond motifs is 5. The lowest BCUT2D eigenvalue weighted by Crippen LogP contribution is -2.37. The molecule has 1 heterocycles. The van der Waals surface area contributed by atoms with Gasteiger partial charge in [-0.2, -0.15) is 0 Å². The van der Waals surface area contributed by atoms with Gasteiger partial charge in [0.2, 0.25) is 11.8 Å². The van der Waals surface area contributed by atoms with E-state index in [-0.39, 0.29) is 45.1 Å². The Balaban J connectivity index is 1.74. The Hall–Kier alpha value is 0.0900. The number of imide groups is 1. The smallest absolute Gasteiger partial charge is 0.238 e. The molecule has 1 aliphatic heterocycles. The molecule has 7 heteroatoms. The van der Waals surface area contributed by atoms with Crippen molar-refractivity contribution in [2.75, 3.05) is 4.90 Å². The van der Waals surface area contributed by atoms with Gasteiger partial charge in [0.05, 0.1) is 22.5 Å². The van der Waals surface area contributed by atoms with E-state index >= 15 is 0 Å². The molecule has 2 aliphatic carbocycles. The summed E-state index contributed by atoms with van der Waals surface area (Å²) in [7, 11) is 0. The van der Waals surface area contributed by atoms with Crippen LogP contribution < -0.4 is 4.90 Å². The summed E-state index contributed by atoms with van der Waals surface area (Å²) in [6, 6.07) is 5.19. The molecule has 3 nitrogen and oxygen atoms in total. The highest BCUT2D eigenvalue weighted by Gasteiger charge is 2.66. The molecule has 2 bridgehead atoms. The maximum atomic E-state index is 12.9. The van der Waals surface area contributed by atoms with E-state index in [1.807, 2.05) is 0 Å². The molecule has 4 rings (SSSR count). The molecule has 0 aromatic heterocycles. The fourth-order valence-corrected chi connectivity index (χ4v) is 6.52. The predicted octanol–water partition coefficient (Wildman–Crippen LogP) is 4.38. The molecule has 3 fully saturated rings. The van der Waals surface area contributed by atoms with Gasteiger partial charge in [-0.1, -0.05) is 43.5 Å². The zero-order valence-electron chi connectivity index (χ0n) is 11.2.